The highest BCUT2D eigenvalue weighted by atomic mass is 19.4. The highest BCUT2D eigenvalue weighted by Gasteiger charge is 2.30. The van der Waals surface area contributed by atoms with Gasteiger partial charge in [-0.15, -0.1) is 0 Å². The fourth-order valence-electron chi connectivity index (χ4n) is 1.71. The first-order chi connectivity index (χ1) is 9.92. The van der Waals surface area contributed by atoms with Crippen LogP contribution in [-0.2, 0) is 12.6 Å². The molecule has 4 N–H and O–H groups in total. The minimum atomic E-state index is -4.39. The lowest BCUT2D eigenvalue weighted by Crippen LogP contribution is -2.11. The molecule has 1 aromatic carbocycles. The maximum atomic E-state index is 12.7. The number of nitrogens with one attached hydrogen (secondary N) is 2. The maximum Gasteiger partial charge on any atom is 0.416 e. The molecule has 0 aliphatic carbocycles. The summed E-state index contributed by atoms with van der Waals surface area (Å²) >= 11 is 0. The number of benzene rings is 1. The number of rotatable bonds is 4. The van der Waals surface area contributed by atoms with Gasteiger partial charge in [0, 0.05) is 18.2 Å². The summed E-state index contributed by atoms with van der Waals surface area (Å²) in [5.41, 5.74) is 1.95. The first-order valence-corrected chi connectivity index (χ1v) is 6.21. The van der Waals surface area contributed by atoms with Gasteiger partial charge in [0.15, 0.2) is 0 Å². The summed E-state index contributed by atoms with van der Waals surface area (Å²) in [5, 5.41) is 2.82. The molecule has 0 spiro atoms. The fourth-order valence-corrected chi connectivity index (χ4v) is 1.71. The quantitative estimate of drug-likeness (QED) is 0.597. The zero-order valence-electron chi connectivity index (χ0n) is 11.2. The van der Waals surface area contributed by atoms with Crippen molar-refractivity contribution < 1.29 is 13.2 Å². The van der Waals surface area contributed by atoms with Crippen LogP contribution in [0.4, 0.5) is 30.5 Å². The Morgan fingerprint density at radius 3 is 2.48 bits per heavy atom. The number of nitrogen functional groups attached to an aromatic ring is 1. The van der Waals surface area contributed by atoms with Crippen LogP contribution in [0.3, 0.4) is 0 Å². The SMILES string of the molecule is CCc1nc(NN)cc(Nc2cccc(C(F)(F)F)c2)n1. The zero-order chi connectivity index (χ0) is 15.5. The lowest BCUT2D eigenvalue weighted by molar-refractivity contribution is -0.137. The first-order valence-electron chi connectivity index (χ1n) is 6.21. The minimum absolute atomic E-state index is 0.286. The van der Waals surface area contributed by atoms with E-state index in [4.69, 9.17) is 5.84 Å². The van der Waals surface area contributed by atoms with Crippen LogP contribution in [-0.4, -0.2) is 9.97 Å². The summed E-state index contributed by atoms with van der Waals surface area (Å²) in [6.45, 7) is 1.86. The van der Waals surface area contributed by atoms with Gasteiger partial charge in [0.05, 0.1) is 5.56 Å². The molecule has 0 unspecified atom stereocenters. The van der Waals surface area contributed by atoms with E-state index in [9.17, 15) is 13.2 Å². The van der Waals surface area contributed by atoms with E-state index in [2.05, 4.69) is 20.7 Å². The van der Waals surface area contributed by atoms with E-state index in [1.807, 2.05) is 6.92 Å². The van der Waals surface area contributed by atoms with Crippen molar-refractivity contribution in [2.75, 3.05) is 10.7 Å². The number of hydrogen-bond donors (Lipinski definition) is 3. The van der Waals surface area contributed by atoms with Crippen LogP contribution in [0.1, 0.15) is 18.3 Å². The first kappa shape index (κ1) is 15.0. The number of anilines is 3. The Morgan fingerprint density at radius 2 is 1.86 bits per heavy atom. The second-order valence-corrected chi connectivity index (χ2v) is 4.26. The standard InChI is InChI=1S/C13H14F3N5/c1-2-10-19-11(7-12(20-10)21-17)18-9-5-3-4-8(6-9)13(14,15)16/h3-7H,2,17H2,1H3,(H2,18,19,20,21). The molecule has 0 bridgehead atoms. The number of hydrogen-bond acceptors (Lipinski definition) is 5. The lowest BCUT2D eigenvalue weighted by atomic mass is 10.2. The average Bonchev–Trinajstić information content (AvgIpc) is 2.46. The molecule has 1 heterocycles. The highest BCUT2D eigenvalue weighted by molar-refractivity contribution is 5.60. The van der Waals surface area contributed by atoms with Crippen molar-refractivity contribution in [2.24, 2.45) is 5.84 Å². The van der Waals surface area contributed by atoms with Gasteiger partial charge < -0.3 is 10.7 Å². The Kier molecular flexibility index (Phi) is 4.27. The van der Waals surface area contributed by atoms with Crippen LogP contribution in [0.25, 0.3) is 0 Å². The summed E-state index contributed by atoms with van der Waals surface area (Å²) in [5.74, 6) is 6.58. The Morgan fingerprint density at radius 1 is 1.14 bits per heavy atom. The predicted octanol–water partition coefficient (Wildman–Crippen LogP) is 3.09. The fraction of sp³-hybridized carbons (Fsp3) is 0.231. The van der Waals surface area contributed by atoms with Crippen LogP contribution in [0.15, 0.2) is 30.3 Å². The molecule has 112 valence electrons. The van der Waals surface area contributed by atoms with Gasteiger partial charge in [-0.2, -0.15) is 13.2 Å². The van der Waals surface area contributed by atoms with Gasteiger partial charge >= 0.3 is 6.18 Å². The molecule has 0 atom stereocenters. The maximum absolute atomic E-state index is 12.7. The number of nitrogens with two attached hydrogens (primary N) is 1. The molecule has 21 heavy (non-hydrogen) atoms. The number of alkyl halides is 3. The smallest absolute Gasteiger partial charge is 0.340 e. The molecule has 0 fully saturated rings. The van der Waals surface area contributed by atoms with Crippen molar-refractivity contribution in [3.63, 3.8) is 0 Å². The molecule has 0 aliphatic heterocycles. The summed E-state index contributed by atoms with van der Waals surface area (Å²) in [7, 11) is 0. The van der Waals surface area contributed by atoms with Crippen LogP contribution < -0.4 is 16.6 Å². The van der Waals surface area contributed by atoms with Crippen molar-refractivity contribution in [3.8, 4) is 0 Å². The predicted molar refractivity (Wildman–Crippen MR) is 73.9 cm³/mol. The van der Waals surface area contributed by atoms with Crippen LogP contribution >= 0.6 is 0 Å². The topological polar surface area (TPSA) is 75.9 Å². The minimum Gasteiger partial charge on any atom is -0.340 e. The number of aromatic nitrogens is 2. The third kappa shape index (κ3) is 3.82. The summed E-state index contributed by atoms with van der Waals surface area (Å²) in [6.07, 6.45) is -3.81. The number of hydrazine groups is 1. The van der Waals surface area contributed by atoms with Crippen LogP contribution in [0, 0.1) is 0 Å². The van der Waals surface area contributed by atoms with Gasteiger partial charge in [-0.05, 0) is 18.2 Å². The third-order valence-corrected chi connectivity index (χ3v) is 2.70. The zero-order valence-corrected chi connectivity index (χ0v) is 11.2. The van der Waals surface area contributed by atoms with Crippen molar-refractivity contribution in [2.45, 2.75) is 19.5 Å². The van der Waals surface area contributed by atoms with E-state index in [1.54, 1.807) is 0 Å². The van der Waals surface area contributed by atoms with Gasteiger partial charge in [-0.25, -0.2) is 15.8 Å². The molecule has 0 aliphatic rings. The van der Waals surface area contributed by atoms with E-state index in [0.717, 1.165) is 12.1 Å². The molecule has 1 aromatic heterocycles. The van der Waals surface area contributed by atoms with Crippen molar-refractivity contribution in [3.05, 3.63) is 41.7 Å². The highest BCUT2D eigenvalue weighted by Crippen LogP contribution is 2.31. The van der Waals surface area contributed by atoms with Crippen LogP contribution in [0.5, 0.6) is 0 Å². The van der Waals surface area contributed by atoms with Gasteiger partial charge in [-0.1, -0.05) is 13.0 Å². The second kappa shape index (κ2) is 5.96. The summed E-state index contributed by atoms with van der Waals surface area (Å²) in [4.78, 5) is 8.29. The van der Waals surface area contributed by atoms with E-state index in [0.29, 0.717) is 23.9 Å². The van der Waals surface area contributed by atoms with E-state index >= 15 is 0 Å². The monoisotopic (exact) mass is 297 g/mol. The molecule has 2 rings (SSSR count). The van der Waals surface area contributed by atoms with Gasteiger partial charge in [0.2, 0.25) is 0 Å². The number of halogens is 3. The Balaban J connectivity index is 2.30. The number of nitrogens with zero attached hydrogens (tertiary/aromatic N) is 2. The molecule has 8 heteroatoms. The van der Waals surface area contributed by atoms with Gasteiger partial charge in [0.1, 0.15) is 17.5 Å². The van der Waals surface area contributed by atoms with Crippen LogP contribution in [0.2, 0.25) is 0 Å². The Bertz CT molecular complexity index is 605. The van der Waals surface area contributed by atoms with Gasteiger partial charge in [-0.3, -0.25) is 0 Å². The van der Waals surface area contributed by atoms with E-state index < -0.39 is 11.7 Å². The summed E-state index contributed by atoms with van der Waals surface area (Å²) < 4.78 is 38.0. The van der Waals surface area contributed by atoms with E-state index in [1.165, 1.54) is 18.2 Å². The third-order valence-electron chi connectivity index (χ3n) is 2.70. The van der Waals surface area contributed by atoms with Gasteiger partial charge in [0.25, 0.3) is 0 Å². The van der Waals surface area contributed by atoms with Crippen molar-refractivity contribution >= 4 is 17.3 Å². The molecular formula is C13H14F3N5. The molecule has 0 saturated carbocycles. The Labute approximate surface area is 119 Å². The largest absolute Gasteiger partial charge is 0.416 e. The number of aryl methyl sites for hydroxylation is 1. The molecule has 0 amide bonds. The molecule has 0 radical (unpaired) electrons. The summed E-state index contributed by atoms with van der Waals surface area (Å²) in [6, 6.07) is 6.39. The Hall–Kier alpha value is -2.35. The molecule has 2 aromatic rings. The lowest BCUT2D eigenvalue weighted by Gasteiger charge is -2.11. The van der Waals surface area contributed by atoms with Crippen molar-refractivity contribution in [1.82, 2.24) is 9.97 Å². The second-order valence-electron chi connectivity index (χ2n) is 4.26. The van der Waals surface area contributed by atoms with Crippen molar-refractivity contribution in [1.29, 1.82) is 0 Å². The molecule has 5 nitrogen and oxygen atoms in total. The van der Waals surface area contributed by atoms with E-state index in [-0.39, 0.29) is 5.69 Å². The average molecular weight is 297 g/mol. The molecule has 0 saturated heterocycles. The normalized spacial score (nSPS) is 11.3. The molecular weight excluding hydrogens is 283 g/mol.